The molecule has 1 aromatic heterocycles. The lowest BCUT2D eigenvalue weighted by atomic mass is 10.1. The highest BCUT2D eigenvalue weighted by molar-refractivity contribution is 7.14. The molecule has 108 valence electrons. The molecule has 0 bridgehead atoms. The van der Waals surface area contributed by atoms with Gasteiger partial charge in [-0.15, -0.1) is 11.3 Å². The van der Waals surface area contributed by atoms with E-state index >= 15 is 0 Å². The van der Waals surface area contributed by atoms with E-state index in [4.69, 9.17) is 16.3 Å². The Hall–Kier alpha value is -0.680. The molecule has 0 aliphatic heterocycles. The molecule has 0 aromatic carbocycles. The second-order valence-electron chi connectivity index (χ2n) is 4.32. The first-order chi connectivity index (χ1) is 9.15. The zero-order valence-electron chi connectivity index (χ0n) is 11.0. The topological polar surface area (TPSA) is 39.2 Å². The summed E-state index contributed by atoms with van der Waals surface area (Å²) in [5, 5.41) is 1.43. The van der Waals surface area contributed by atoms with Crippen molar-refractivity contribution in [1.29, 1.82) is 0 Å². The van der Waals surface area contributed by atoms with Gasteiger partial charge in [0.05, 0.1) is 12.3 Å². The van der Waals surface area contributed by atoms with Gasteiger partial charge in [-0.1, -0.05) is 50.6 Å². The molecule has 1 atom stereocenters. The van der Waals surface area contributed by atoms with Crippen LogP contribution in [0.5, 0.6) is 0 Å². The number of halogens is 2. The van der Waals surface area contributed by atoms with Crippen molar-refractivity contribution in [1.82, 2.24) is 4.98 Å². The summed E-state index contributed by atoms with van der Waals surface area (Å²) >= 11 is 6.68. The van der Waals surface area contributed by atoms with E-state index in [1.807, 2.05) is 0 Å². The average Bonchev–Trinajstić information content (AvgIpc) is 2.83. The number of carbonyl (C=O) groups excluding carboxylic acids is 1. The number of thiazole rings is 1. The lowest BCUT2D eigenvalue weighted by Crippen LogP contribution is -2.13. The molecule has 0 spiro atoms. The maximum Gasteiger partial charge on any atom is 0.347 e. The standard InChI is InChI=1S/C13H19ClFNO2S/c1-2-3-4-5-6-7-8-18-12(17)11(15)10-9-19-13(14)16-10/h9,11H,2-8H2,1H3. The van der Waals surface area contributed by atoms with Crippen molar-refractivity contribution in [3.63, 3.8) is 0 Å². The van der Waals surface area contributed by atoms with E-state index in [0.717, 1.165) is 30.6 Å². The van der Waals surface area contributed by atoms with Gasteiger partial charge < -0.3 is 4.74 Å². The molecular weight excluding hydrogens is 289 g/mol. The fourth-order valence-electron chi connectivity index (χ4n) is 1.63. The average molecular weight is 308 g/mol. The molecule has 0 fully saturated rings. The molecule has 0 amide bonds. The summed E-state index contributed by atoms with van der Waals surface area (Å²) in [6.45, 7) is 2.43. The van der Waals surface area contributed by atoms with Crippen LogP contribution in [0.1, 0.15) is 57.3 Å². The highest BCUT2D eigenvalue weighted by Crippen LogP contribution is 2.24. The fraction of sp³-hybridized carbons (Fsp3) is 0.692. The maximum absolute atomic E-state index is 13.6. The Morgan fingerprint density at radius 2 is 2.11 bits per heavy atom. The van der Waals surface area contributed by atoms with E-state index in [2.05, 4.69) is 11.9 Å². The molecule has 0 aliphatic carbocycles. The molecule has 19 heavy (non-hydrogen) atoms. The normalized spacial score (nSPS) is 12.4. The molecule has 3 nitrogen and oxygen atoms in total. The molecule has 0 N–H and O–H groups in total. The van der Waals surface area contributed by atoms with E-state index in [-0.39, 0.29) is 16.8 Å². The molecule has 1 rings (SSSR count). The van der Waals surface area contributed by atoms with Crippen LogP contribution in [0.4, 0.5) is 4.39 Å². The molecule has 1 aromatic rings. The number of alkyl halides is 1. The van der Waals surface area contributed by atoms with Crippen LogP contribution in [0.2, 0.25) is 4.47 Å². The number of ether oxygens (including phenoxy) is 1. The third-order valence-electron chi connectivity index (χ3n) is 2.70. The Kier molecular flexibility index (Phi) is 7.98. The number of aromatic nitrogens is 1. The summed E-state index contributed by atoms with van der Waals surface area (Å²) in [5.74, 6) is -0.879. The van der Waals surface area contributed by atoms with Crippen molar-refractivity contribution in [2.24, 2.45) is 0 Å². The van der Waals surface area contributed by atoms with Gasteiger partial charge in [0.25, 0.3) is 0 Å². The molecular formula is C13H19ClFNO2S. The van der Waals surface area contributed by atoms with Crippen molar-refractivity contribution < 1.29 is 13.9 Å². The lowest BCUT2D eigenvalue weighted by molar-refractivity contribution is -0.150. The van der Waals surface area contributed by atoms with E-state index in [0.29, 0.717) is 0 Å². The third-order valence-corrected chi connectivity index (χ3v) is 3.70. The molecule has 0 saturated carbocycles. The first kappa shape index (κ1) is 16.4. The summed E-state index contributed by atoms with van der Waals surface area (Å²) in [6, 6.07) is 0. The minimum absolute atomic E-state index is 0.0305. The Bertz CT molecular complexity index is 386. The highest BCUT2D eigenvalue weighted by atomic mass is 35.5. The van der Waals surface area contributed by atoms with Gasteiger partial charge in [-0.05, 0) is 6.42 Å². The van der Waals surface area contributed by atoms with Crippen LogP contribution in [-0.2, 0) is 9.53 Å². The van der Waals surface area contributed by atoms with Crippen molar-refractivity contribution in [2.45, 2.75) is 51.6 Å². The lowest BCUT2D eigenvalue weighted by Gasteiger charge is -2.06. The van der Waals surface area contributed by atoms with Crippen molar-refractivity contribution in [3.8, 4) is 0 Å². The maximum atomic E-state index is 13.6. The summed E-state index contributed by atoms with van der Waals surface area (Å²) in [4.78, 5) is 15.1. The summed E-state index contributed by atoms with van der Waals surface area (Å²) in [7, 11) is 0. The van der Waals surface area contributed by atoms with Gasteiger partial charge in [-0.3, -0.25) is 0 Å². The predicted octanol–water partition coefficient (Wildman–Crippen LogP) is 4.71. The van der Waals surface area contributed by atoms with Crippen LogP contribution < -0.4 is 0 Å². The SMILES string of the molecule is CCCCCCCCOC(=O)C(F)c1csc(Cl)n1. The Labute approximate surface area is 122 Å². The Morgan fingerprint density at radius 1 is 1.42 bits per heavy atom. The Morgan fingerprint density at radius 3 is 2.74 bits per heavy atom. The van der Waals surface area contributed by atoms with Crippen LogP contribution in [0.15, 0.2) is 5.38 Å². The van der Waals surface area contributed by atoms with Gasteiger partial charge in [-0.25, -0.2) is 14.2 Å². The van der Waals surface area contributed by atoms with Gasteiger partial charge in [0.15, 0.2) is 4.47 Å². The van der Waals surface area contributed by atoms with Crippen LogP contribution in [-0.4, -0.2) is 17.6 Å². The number of unbranched alkanes of at least 4 members (excludes halogenated alkanes) is 5. The van der Waals surface area contributed by atoms with Crippen LogP contribution >= 0.6 is 22.9 Å². The van der Waals surface area contributed by atoms with E-state index < -0.39 is 12.1 Å². The van der Waals surface area contributed by atoms with Gasteiger partial charge in [0, 0.05) is 5.38 Å². The molecule has 6 heteroatoms. The molecule has 0 aliphatic rings. The smallest absolute Gasteiger partial charge is 0.347 e. The number of hydrogen-bond acceptors (Lipinski definition) is 4. The molecule has 1 unspecified atom stereocenters. The predicted molar refractivity (Wildman–Crippen MR) is 75.3 cm³/mol. The van der Waals surface area contributed by atoms with Crippen molar-refractivity contribution in [2.75, 3.05) is 6.61 Å². The van der Waals surface area contributed by atoms with Gasteiger partial charge in [0.1, 0.15) is 0 Å². The number of esters is 1. The zero-order chi connectivity index (χ0) is 14.1. The van der Waals surface area contributed by atoms with Crippen LogP contribution in [0.25, 0.3) is 0 Å². The summed E-state index contributed by atoms with van der Waals surface area (Å²) in [5.41, 5.74) is 0.0305. The van der Waals surface area contributed by atoms with E-state index in [1.165, 1.54) is 24.6 Å². The fourth-order valence-corrected chi connectivity index (χ4v) is 2.41. The number of hydrogen-bond donors (Lipinski definition) is 0. The minimum Gasteiger partial charge on any atom is -0.463 e. The van der Waals surface area contributed by atoms with E-state index in [9.17, 15) is 9.18 Å². The van der Waals surface area contributed by atoms with Gasteiger partial charge >= 0.3 is 5.97 Å². The third kappa shape index (κ3) is 6.34. The molecule has 0 saturated heterocycles. The Balaban J connectivity index is 2.14. The van der Waals surface area contributed by atoms with E-state index in [1.54, 1.807) is 0 Å². The number of nitrogens with zero attached hydrogens (tertiary/aromatic N) is 1. The molecule has 0 radical (unpaired) electrons. The quantitative estimate of drug-likeness (QED) is 0.490. The van der Waals surface area contributed by atoms with Crippen molar-refractivity contribution in [3.05, 3.63) is 15.5 Å². The zero-order valence-corrected chi connectivity index (χ0v) is 12.6. The minimum atomic E-state index is -1.83. The highest BCUT2D eigenvalue weighted by Gasteiger charge is 2.23. The van der Waals surface area contributed by atoms with Crippen molar-refractivity contribution >= 4 is 28.9 Å². The van der Waals surface area contributed by atoms with Crippen LogP contribution in [0.3, 0.4) is 0 Å². The summed E-state index contributed by atoms with van der Waals surface area (Å²) in [6.07, 6.45) is 4.72. The number of rotatable bonds is 9. The largest absolute Gasteiger partial charge is 0.463 e. The van der Waals surface area contributed by atoms with Crippen LogP contribution in [0, 0.1) is 0 Å². The van der Waals surface area contributed by atoms with Gasteiger partial charge in [-0.2, -0.15) is 0 Å². The summed E-state index contributed by atoms with van der Waals surface area (Å²) < 4.78 is 18.7. The van der Waals surface area contributed by atoms with Gasteiger partial charge in [0.2, 0.25) is 6.17 Å². The monoisotopic (exact) mass is 307 g/mol. The first-order valence-electron chi connectivity index (χ1n) is 6.56. The second-order valence-corrected chi connectivity index (χ2v) is 5.76. The first-order valence-corrected chi connectivity index (χ1v) is 7.82. The second kappa shape index (κ2) is 9.26. The number of carbonyl (C=O) groups is 1. The molecule has 1 heterocycles.